The molecule has 4 aromatic rings. The van der Waals surface area contributed by atoms with E-state index in [1.165, 1.54) is 0 Å². The number of aromatic nitrogens is 4. The topological polar surface area (TPSA) is 187 Å². The molecule has 0 spiro atoms. The van der Waals surface area contributed by atoms with Gasteiger partial charge in [0.25, 0.3) is 0 Å². The van der Waals surface area contributed by atoms with Crippen molar-refractivity contribution in [1.82, 2.24) is 24.8 Å². The van der Waals surface area contributed by atoms with Crippen LogP contribution in [0.1, 0.15) is 62.6 Å². The number of nitrogens with one attached hydrogen (secondary N) is 3. The quantitative estimate of drug-likeness (QED) is 0.164. The highest BCUT2D eigenvalue weighted by Gasteiger charge is 2.43. The van der Waals surface area contributed by atoms with Crippen molar-refractivity contribution in [1.29, 1.82) is 5.26 Å². The molecule has 0 unspecified atom stereocenters. The van der Waals surface area contributed by atoms with Crippen molar-refractivity contribution >= 4 is 28.8 Å². The van der Waals surface area contributed by atoms with Gasteiger partial charge in [0.2, 0.25) is 11.9 Å². The van der Waals surface area contributed by atoms with Crippen molar-refractivity contribution in [2.24, 2.45) is 5.73 Å². The molecule has 0 bridgehead atoms. The van der Waals surface area contributed by atoms with Crippen LogP contribution in [-0.4, -0.2) is 66.0 Å². The number of rotatable bonds is 9. The minimum atomic E-state index is -1.12. The van der Waals surface area contributed by atoms with Crippen LogP contribution in [0.2, 0.25) is 0 Å². The summed E-state index contributed by atoms with van der Waals surface area (Å²) < 4.78 is 1.78. The molecule has 0 aliphatic heterocycles. The molecule has 4 atom stereocenters. The second-order valence-electron chi connectivity index (χ2n) is 12.0. The van der Waals surface area contributed by atoms with Gasteiger partial charge in [0.15, 0.2) is 17.0 Å². The molecule has 45 heavy (non-hydrogen) atoms. The van der Waals surface area contributed by atoms with Crippen LogP contribution in [0.25, 0.3) is 22.3 Å². The van der Waals surface area contributed by atoms with Gasteiger partial charge in [0, 0.05) is 25.0 Å². The normalized spacial score (nSPS) is 24.7. The van der Waals surface area contributed by atoms with E-state index in [0.717, 1.165) is 42.4 Å². The summed E-state index contributed by atoms with van der Waals surface area (Å²) in [5.41, 5.74) is 10.7. The van der Waals surface area contributed by atoms with Crippen LogP contribution in [0.5, 0.6) is 0 Å². The summed E-state index contributed by atoms with van der Waals surface area (Å²) in [6, 6.07) is 17.1. The highest BCUT2D eigenvalue weighted by molar-refractivity contribution is 5.84. The average Bonchev–Trinajstić information content (AvgIpc) is 3.61. The van der Waals surface area contributed by atoms with E-state index in [-0.39, 0.29) is 24.4 Å². The maximum Gasteiger partial charge on any atom is 0.227 e. The minimum absolute atomic E-state index is 0.183. The Hall–Kier alpha value is -4.57. The first kappa shape index (κ1) is 30.5. The number of carbonyl (C=O) groups is 1. The summed E-state index contributed by atoms with van der Waals surface area (Å²) in [5, 5.41) is 41.0. The molecule has 2 heterocycles. The van der Waals surface area contributed by atoms with Crippen molar-refractivity contribution in [3.05, 3.63) is 66.0 Å². The Morgan fingerprint density at radius 1 is 1.07 bits per heavy atom. The number of hydrogen-bond acceptors (Lipinski definition) is 10. The van der Waals surface area contributed by atoms with Gasteiger partial charge in [-0.25, -0.2) is 4.98 Å². The van der Waals surface area contributed by atoms with Crippen LogP contribution in [0.4, 0.5) is 11.8 Å². The Bertz CT molecular complexity index is 1690. The van der Waals surface area contributed by atoms with Gasteiger partial charge in [-0.15, -0.1) is 0 Å². The summed E-state index contributed by atoms with van der Waals surface area (Å²) in [4.78, 5) is 26.3. The van der Waals surface area contributed by atoms with Gasteiger partial charge in [-0.3, -0.25) is 4.79 Å². The average molecular weight is 610 g/mol. The fraction of sp³-hybridized carbons (Fsp3) is 0.424. The number of nitrogens with two attached hydrogens (primary N) is 1. The van der Waals surface area contributed by atoms with Gasteiger partial charge in [-0.1, -0.05) is 49.4 Å². The summed E-state index contributed by atoms with van der Waals surface area (Å²) in [5.74, 6) is 0.799. The highest BCUT2D eigenvalue weighted by Crippen LogP contribution is 2.35. The van der Waals surface area contributed by atoms with Crippen LogP contribution in [0.15, 0.2) is 54.9 Å². The van der Waals surface area contributed by atoms with Crippen molar-refractivity contribution in [2.75, 3.05) is 10.6 Å². The summed E-state index contributed by atoms with van der Waals surface area (Å²) in [7, 11) is 0. The summed E-state index contributed by atoms with van der Waals surface area (Å²) in [6.07, 6.45) is 3.68. The van der Waals surface area contributed by atoms with Crippen molar-refractivity contribution in [2.45, 2.75) is 88.4 Å². The second kappa shape index (κ2) is 13.2. The van der Waals surface area contributed by atoms with E-state index in [9.17, 15) is 20.3 Å². The number of fused-ring (bicyclic) bond motifs is 1. The largest absolute Gasteiger partial charge is 0.388 e. The molecule has 0 saturated heterocycles. The van der Waals surface area contributed by atoms with E-state index in [2.05, 4.69) is 27.0 Å². The lowest BCUT2D eigenvalue weighted by atomic mass is 9.92. The fourth-order valence-electron chi connectivity index (χ4n) is 6.35. The third-order valence-electron chi connectivity index (χ3n) is 8.98. The number of amides is 1. The molecule has 1 amide bonds. The first-order chi connectivity index (χ1) is 21.8. The zero-order valence-electron chi connectivity index (χ0n) is 25.2. The molecule has 2 aromatic heterocycles. The smallest absolute Gasteiger partial charge is 0.227 e. The molecule has 2 aliphatic rings. The Morgan fingerprint density at radius 3 is 2.56 bits per heavy atom. The molecule has 6 rings (SSSR count). The van der Waals surface area contributed by atoms with E-state index in [0.29, 0.717) is 41.5 Å². The molecule has 12 nitrogen and oxygen atoms in total. The third kappa shape index (κ3) is 6.47. The molecule has 7 N–H and O–H groups in total. The number of anilines is 2. The van der Waals surface area contributed by atoms with Gasteiger partial charge in [-0.05, 0) is 54.9 Å². The Morgan fingerprint density at radius 2 is 1.82 bits per heavy atom. The van der Waals surface area contributed by atoms with Gasteiger partial charge >= 0.3 is 0 Å². The first-order valence-corrected chi connectivity index (χ1v) is 15.6. The van der Waals surface area contributed by atoms with Gasteiger partial charge in [0.05, 0.1) is 30.0 Å². The predicted octanol–water partition coefficient (Wildman–Crippen LogP) is 3.22. The lowest BCUT2D eigenvalue weighted by molar-refractivity contribution is -0.122. The lowest BCUT2D eigenvalue weighted by Gasteiger charge is -2.27. The number of benzene rings is 2. The molecular formula is C33H39N9O3. The van der Waals surface area contributed by atoms with Crippen LogP contribution in [0.3, 0.4) is 0 Å². The Balaban J connectivity index is 1.28. The molecule has 12 heteroatoms. The number of hydrogen-bond donors (Lipinski definition) is 6. The monoisotopic (exact) mass is 609 g/mol. The number of nitriles is 1. The standard InChI is InChI=1S/C33H39N9O3/c1-2-27(43)39-25-15-26(30(45)29(25)44)42-18-37-28-31(40-33(41-32(28)42)38-23-13-11-22(35)12-14-23)36-17-19-7-9-20(10-8-19)24-6-4-3-5-21(24)16-34/h3-10,18,22-23,25-26,29-30,44-45H,2,11-15,17,35H2,1H3,(H,39,43)(H2,36,38,40,41)/t22?,23?,25-,26+,29+,30-/m0/s1. The van der Waals surface area contributed by atoms with E-state index in [1.807, 2.05) is 48.5 Å². The van der Waals surface area contributed by atoms with E-state index in [1.54, 1.807) is 17.8 Å². The number of nitrogens with zero attached hydrogens (tertiary/aromatic N) is 5. The van der Waals surface area contributed by atoms with Gasteiger partial charge < -0.3 is 36.5 Å². The minimum Gasteiger partial charge on any atom is -0.388 e. The van der Waals surface area contributed by atoms with E-state index < -0.39 is 24.3 Å². The lowest BCUT2D eigenvalue weighted by Crippen LogP contribution is -2.42. The molecule has 2 aliphatic carbocycles. The Kier molecular flexibility index (Phi) is 8.93. The van der Waals surface area contributed by atoms with Gasteiger partial charge in [-0.2, -0.15) is 15.2 Å². The zero-order chi connectivity index (χ0) is 31.5. The predicted molar refractivity (Wildman–Crippen MR) is 171 cm³/mol. The highest BCUT2D eigenvalue weighted by atomic mass is 16.3. The fourth-order valence-corrected chi connectivity index (χ4v) is 6.35. The SMILES string of the molecule is CCC(=O)N[C@H]1C[C@@H](n2cnc3c(NCc4ccc(-c5ccccc5C#N)cc4)nc(NC4CCC(N)CC4)nc32)[C@H](O)[C@@H]1O. The summed E-state index contributed by atoms with van der Waals surface area (Å²) >= 11 is 0. The van der Waals surface area contributed by atoms with Crippen molar-refractivity contribution < 1.29 is 15.0 Å². The molecular weight excluding hydrogens is 570 g/mol. The van der Waals surface area contributed by atoms with Crippen molar-refractivity contribution in [3.8, 4) is 17.2 Å². The second-order valence-corrected chi connectivity index (χ2v) is 12.0. The third-order valence-corrected chi connectivity index (χ3v) is 8.98. The zero-order valence-corrected chi connectivity index (χ0v) is 25.2. The summed E-state index contributed by atoms with van der Waals surface area (Å²) in [6.45, 7) is 2.21. The molecule has 2 fully saturated rings. The Labute approximate surface area is 261 Å². The number of imidazole rings is 1. The maximum absolute atomic E-state index is 12.1. The van der Waals surface area contributed by atoms with Crippen LogP contribution in [-0.2, 0) is 11.3 Å². The number of carbonyl (C=O) groups excluding carboxylic acids is 1. The van der Waals surface area contributed by atoms with E-state index in [4.69, 9.17) is 15.7 Å². The van der Waals surface area contributed by atoms with Gasteiger partial charge in [0.1, 0.15) is 12.2 Å². The number of aliphatic hydroxyl groups excluding tert-OH is 2. The maximum atomic E-state index is 12.1. The van der Waals surface area contributed by atoms with Crippen LogP contribution < -0.4 is 21.7 Å². The first-order valence-electron chi connectivity index (χ1n) is 15.6. The molecule has 2 saturated carbocycles. The van der Waals surface area contributed by atoms with Crippen molar-refractivity contribution in [3.63, 3.8) is 0 Å². The van der Waals surface area contributed by atoms with Crippen LogP contribution in [0, 0.1) is 11.3 Å². The van der Waals surface area contributed by atoms with E-state index >= 15 is 0 Å². The van der Waals surface area contributed by atoms with Crippen LogP contribution >= 0.6 is 0 Å². The number of aliphatic hydroxyl groups is 2. The molecule has 2 aromatic carbocycles. The molecule has 234 valence electrons. The molecule has 0 radical (unpaired) electrons.